The second kappa shape index (κ2) is 7.83. The third-order valence-corrected chi connectivity index (χ3v) is 5.16. The van der Waals surface area contributed by atoms with Gasteiger partial charge in [-0.25, -0.2) is 0 Å². The van der Waals surface area contributed by atoms with E-state index in [1.807, 2.05) is 30.1 Å². The third-order valence-electron chi connectivity index (χ3n) is 5.16. The molecule has 2 aromatic rings. The Bertz CT molecular complexity index is 691. The number of aryl methyl sites for hydroxylation is 1. The summed E-state index contributed by atoms with van der Waals surface area (Å²) in [6.07, 6.45) is 7.41. The van der Waals surface area contributed by atoms with Gasteiger partial charge in [-0.1, -0.05) is 36.8 Å². The van der Waals surface area contributed by atoms with E-state index in [4.69, 9.17) is 0 Å². The number of nitrogens with zero attached hydrogens (tertiary/aromatic N) is 2. The van der Waals surface area contributed by atoms with Gasteiger partial charge in [0.1, 0.15) is 0 Å². The zero-order valence-corrected chi connectivity index (χ0v) is 15.2. The van der Waals surface area contributed by atoms with E-state index in [2.05, 4.69) is 46.9 Å². The molecule has 5 nitrogen and oxygen atoms in total. The van der Waals surface area contributed by atoms with Gasteiger partial charge in [0.05, 0.1) is 19.3 Å². The van der Waals surface area contributed by atoms with Crippen molar-refractivity contribution in [1.82, 2.24) is 20.4 Å². The van der Waals surface area contributed by atoms with Crippen molar-refractivity contribution in [2.24, 2.45) is 0 Å². The summed E-state index contributed by atoms with van der Waals surface area (Å²) >= 11 is 0. The number of benzene rings is 1. The molecule has 1 atom stereocenters. The Kier molecular flexibility index (Phi) is 5.53. The van der Waals surface area contributed by atoms with E-state index in [1.54, 1.807) is 0 Å². The van der Waals surface area contributed by atoms with Gasteiger partial charge in [-0.05, 0) is 37.8 Å². The first-order chi connectivity index (χ1) is 12.1. The summed E-state index contributed by atoms with van der Waals surface area (Å²) in [6, 6.07) is 10.8. The molecule has 25 heavy (non-hydrogen) atoms. The van der Waals surface area contributed by atoms with Gasteiger partial charge in [-0.2, -0.15) is 5.10 Å². The van der Waals surface area contributed by atoms with Crippen LogP contribution in [0.25, 0.3) is 0 Å². The van der Waals surface area contributed by atoms with E-state index >= 15 is 0 Å². The fourth-order valence-electron chi connectivity index (χ4n) is 3.47. The Hall–Kier alpha value is -2.14. The highest BCUT2D eigenvalue weighted by molar-refractivity contribution is 5.78. The van der Waals surface area contributed by atoms with Gasteiger partial charge < -0.3 is 10.6 Å². The Labute approximate surface area is 149 Å². The molecular weight excluding hydrogens is 312 g/mol. The molecular formula is C20H28N4O. The van der Waals surface area contributed by atoms with Crippen LogP contribution < -0.4 is 10.6 Å². The van der Waals surface area contributed by atoms with Crippen molar-refractivity contribution >= 4 is 5.91 Å². The predicted molar refractivity (Wildman–Crippen MR) is 99.4 cm³/mol. The standard InChI is InChI=1S/C20H28N4O/c1-16-11-23-24(13-16)14-17(2)21-12-19(25)22-15-20(9-6-10-20)18-7-4-3-5-8-18/h3-5,7-8,11,13,17,21H,6,9-10,12,14-15H2,1-2H3,(H,22,25)/t17-/m0/s1. The van der Waals surface area contributed by atoms with Gasteiger partial charge in [-0.15, -0.1) is 0 Å². The van der Waals surface area contributed by atoms with E-state index < -0.39 is 0 Å². The minimum absolute atomic E-state index is 0.0608. The van der Waals surface area contributed by atoms with Crippen LogP contribution in [0.2, 0.25) is 0 Å². The summed E-state index contributed by atoms with van der Waals surface area (Å²) in [7, 11) is 0. The van der Waals surface area contributed by atoms with Gasteiger partial charge in [0.2, 0.25) is 5.91 Å². The minimum atomic E-state index is 0.0608. The molecule has 0 unspecified atom stereocenters. The van der Waals surface area contributed by atoms with Crippen LogP contribution in [0, 0.1) is 6.92 Å². The summed E-state index contributed by atoms with van der Waals surface area (Å²) in [6.45, 7) is 5.92. The van der Waals surface area contributed by atoms with Crippen LogP contribution in [0.15, 0.2) is 42.7 Å². The average Bonchev–Trinajstić information content (AvgIpc) is 2.98. The Morgan fingerprint density at radius 2 is 2.08 bits per heavy atom. The van der Waals surface area contributed by atoms with Gasteiger partial charge >= 0.3 is 0 Å². The van der Waals surface area contributed by atoms with Crippen LogP contribution in [-0.2, 0) is 16.8 Å². The highest BCUT2D eigenvalue weighted by Gasteiger charge is 2.38. The third kappa shape index (κ3) is 4.48. The zero-order valence-electron chi connectivity index (χ0n) is 15.2. The normalized spacial score (nSPS) is 16.9. The number of hydrogen-bond acceptors (Lipinski definition) is 3. The summed E-state index contributed by atoms with van der Waals surface area (Å²) in [5.74, 6) is 0.0608. The molecule has 5 heteroatoms. The van der Waals surface area contributed by atoms with Crippen molar-refractivity contribution in [3.8, 4) is 0 Å². The monoisotopic (exact) mass is 340 g/mol. The molecule has 0 aliphatic heterocycles. The number of aromatic nitrogens is 2. The molecule has 1 aromatic heterocycles. The van der Waals surface area contributed by atoms with Crippen LogP contribution in [0.4, 0.5) is 0 Å². The summed E-state index contributed by atoms with van der Waals surface area (Å²) in [5.41, 5.74) is 2.63. The molecule has 0 radical (unpaired) electrons. The molecule has 0 saturated heterocycles. The lowest BCUT2D eigenvalue weighted by Crippen LogP contribution is -2.48. The first-order valence-corrected chi connectivity index (χ1v) is 9.12. The van der Waals surface area contributed by atoms with E-state index in [-0.39, 0.29) is 17.4 Å². The van der Waals surface area contributed by atoms with Crippen LogP contribution in [0.3, 0.4) is 0 Å². The topological polar surface area (TPSA) is 59.0 Å². The van der Waals surface area contributed by atoms with E-state index in [0.29, 0.717) is 6.54 Å². The Balaban J connectivity index is 1.43. The molecule has 2 N–H and O–H groups in total. The fourth-order valence-corrected chi connectivity index (χ4v) is 3.47. The van der Waals surface area contributed by atoms with Crippen molar-refractivity contribution in [1.29, 1.82) is 0 Å². The van der Waals surface area contributed by atoms with Crippen molar-refractivity contribution in [2.45, 2.75) is 51.1 Å². The van der Waals surface area contributed by atoms with E-state index in [0.717, 1.165) is 31.5 Å². The first-order valence-electron chi connectivity index (χ1n) is 9.12. The maximum atomic E-state index is 12.2. The number of carbonyl (C=O) groups is 1. The van der Waals surface area contributed by atoms with Crippen molar-refractivity contribution in [2.75, 3.05) is 13.1 Å². The number of carbonyl (C=O) groups excluding carboxylic acids is 1. The molecule has 1 aliphatic rings. The van der Waals surface area contributed by atoms with Gasteiger partial charge in [0.25, 0.3) is 0 Å². The molecule has 1 fully saturated rings. The number of amides is 1. The van der Waals surface area contributed by atoms with Crippen LogP contribution >= 0.6 is 0 Å². The fraction of sp³-hybridized carbons (Fsp3) is 0.500. The largest absolute Gasteiger partial charge is 0.354 e. The van der Waals surface area contributed by atoms with Crippen LogP contribution in [0.5, 0.6) is 0 Å². The Morgan fingerprint density at radius 3 is 2.68 bits per heavy atom. The smallest absolute Gasteiger partial charge is 0.233 e. The molecule has 0 spiro atoms. The zero-order chi connectivity index (χ0) is 17.7. The van der Waals surface area contributed by atoms with E-state index in [1.165, 1.54) is 12.0 Å². The number of rotatable bonds is 8. The summed E-state index contributed by atoms with van der Waals surface area (Å²) < 4.78 is 1.91. The molecule has 3 rings (SSSR count). The summed E-state index contributed by atoms with van der Waals surface area (Å²) in [4.78, 5) is 12.2. The molecule has 1 amide bonds. The van der Waals surface area contributed by atoms with Crippen molar-refractivity contribution < 1.29 is 4.79 Å². The number of hydrogen-bond donors (Lipinski definition) is 2. The number of nitrogens with one attached hydrogen (secondary N) is 2. The SMILES string of the molecule is Cc1cnn(C[C@H](C)NCC(=O)NCC2(c3ccccc3)CCC2)c1. The lowest BCUT2D eigenvalue weighted by Gasteiger charge is -2.42. The predicted octanol–water partition coefficient (Wildman–Crippen LogP) is 2.41. The molecule has 1 aliphatic carbocycles. The first kappa shape index (κ1) is 17.7. The van der Waals surface area contributed by atoms with Gasteiger partial charge in [0.15, 0.2) is 0 Å². The van der Waals surface area contributed by atoms with Gasteiger partial charge in [0, 0.05) is 24.2 Å². The minimum Gasteiger partial charge on any atom is -0.354 e. The van der Waals surface area contributed by atoms with Gasteiger partial charge in [-0.3, -0.25) is 9.48 Å². The van der Waals surface area contributed by atoms with Crippen molar-refractivity contribution in [3.63, 3.8) is 0 Å². The summed E-state index contributed by atoms with van der Waals surface area (Å²) in [5, 5.41) is 10.7. The maximum Gasteiger partial charge on any atom is 0.233 e. The average molecular weight is 340 g/mol. The quantitative estimate of drug-likeness (QED) is 0.776. The van der Waals surface area contributed by atoms with Crippen molar-refractivity contribution in [3.05, 3.63) is 53.9 Å². The second-order valence-corrected chi connectivity index (χ2v) is 7.30. The molecule has 134 valence electrons. The van der Waals surface area contributed by atoms with E-state index in [9.17, 15) is 4.79 Å². The molecule has 0 bridgehead atoms. The molecule has 1 saturated carbocycles. The second-order valence-electron chi connectivity index (χ2n) is 7.30. The maximum absolute atomic E-state index is 12.2. The van der Waals surface area contributed by atoms with Crippen LogP contribution in [-0.4, -0.2) is 34.8 Å². The molecule has 1 aromatic carbocycles. The van der Waals surface area contributed by atoms with Crippen LogP contribution in [0.1, 0.15) is 37.3 Å². The highest BCUT2D eigenvalue weighted by Crippen LogP contribution is 2.43. The lowest BCUT2D eigenvalue weighted by molar-refractivity contribution is -0.120. The lowest BCUT2D eigenvalue weighted by atomic mass is 9.64. The highest BCUT2D eigenvalue weighted by atomic mass is 16.1. The molecule has 1 heterocycles. The Morgan fingerprint density at radius 1 is 1.32 bits per heavy atom.